The molecule has 0 aromatic heterocycles. The first kappa shape index (κ1) is 8.79. The van der Waals surface area contributed by atoms with E-state index in [9.17, 15) is 0 Å². The van der Waals surface area contributed by atoms with Gasteiger partial charge in [0.1, 0.15) is 6.61 Å². The molecule has 1 aliphatic rings. The van der Waals surface area contributed by atoms with Gasteiger partial charge in [0.15, 0.2) is 6.29 Å². The first-order valence-corrected chi connectivity index (χ1v) is 3.29. The monoisotopic (exact) mass is 158 g/mol. The fourth-order valence-corrected chi connectivity index (χ4v) is 0.0430. The molecule has 0 unspecified atom stereocenters. The topological polar surface area (TPSA) is 107 Å². The summed E-state index contributed by atoms with van der Waals surface area (Å²) < 4.78 is 35.8. The second-order valence-corrected chi connectivity index (χ2v) is 2.13. The molecule has 6 nitrogen and oxygen atoms in total. The molecule has 9 heavy (non-hydrogen) atoms. The quantitative estimate of drug-likeness (QED) is 0.298. The molecular formula is C2H6O6S. The van der Waals surface area contributed by atoms with Crippen LogP contribution in [0.3, 0.4) is 0 Å². The summed E-state index contributed by atoms with van der Waals surface area (Å²) in [5.74, 6) is 0. The normalized spacial score (nSPS) is 24.1. The van der Waals surface area contributed by atoms with E-state index in [-0.39, 0.29) is 0 Å². The SMILES string of the molecule is O=S(=O)(O)O.O[C@@H]1CO1. The lowest BCUT2D eigenvalue weighted by Gasteiger charge is -1.68. The Morgan fingerprint density at radius 2 is 1.56 bits per heavy atom. The largest absolute Gasteiger partial charge is 0.394 e. The summed E-state index contributed by atoms with van der Waals surface area (Å²) in [5, 5.41) is 7.94. The molecule has 0 amide bonds. The molecule has 56 valence electrons. The second kappa shape index (κ2) is 3.08. The van der Waals surface area contributed by atoms with Crippen LogP contribution in [0, 0.1) is 0 Å². The van der Waals surface area contributed by atoms with Crippen molar-refractivity contribution in [2.45, 2.75) is 6.29 Å². The minimum atomic E-state index is -4.67. The average Bonchev–Trinajstić information content (AvgIpc) is 2.13. The number of hydrogen-bond acceptors (Lipinski definition) is 4. The van der Waals surface area contributed by atoms with Gasteiger partial charge in [0.05, 0.1) is 0 Å². The zero-order valence-electron chi connectivity index (χ0n) is 4.26. The van der Waals surface area contributed by atoms with Crippen molar-refractivity contribution < 1.29 is 27.4 Å². The molecule has 1 rings (SSSR count). The van der Waals surface area contributed by atoms with Gasteiger partial charge in [0, 0.05) is 0 Å². The van der Waals surface area contributed by atoms with Gasteiger partial charge in [-0.2, -0.15) is 8.42 Å². The van der Waals surface area contributed by atoms with Crippen LogP contribution in [-0.2, 0) is 15.1 Å². The minimum Gasteiger partial charge on any atom is -0.366 e. The van der Waals surface area contributed by atoms with Gasteiger partial charge in [-0.3, -0.25) is 9.11 Å². The first-order chi connectivity index (χ1) is 3.89. The van der Waals surface area contributed by atoms with Gasteiger partial charge in [-0.25, -0.2) is 0 Å². The Morgan fingerprint density at radius 3 is 1.56 bits per heavy atom. The Hall–Kier alpha value is -0.210. The highest BCUT2D eigenvalue weighted by Gasteiger charge is 2.16. The van der Waals surface area contributed by atoms with E-state index in [1.165, 1.54) is 0 Å². The molecule has 1 atom stereocenters. The van der Waals surface area contributed by atoms with Crippen molar-refractivity contribution in [3.8, 4) is 0 Å². The summed E-state index contributed by atoms with van der Waals surface area (Å²) in [6.07, 6.45) is -0.417. The van der Waals surface area contributed by atoms with Crippen LogP contribution in [0.15, 0.2) is 0 Å². The molecule has 0 aromatic rings. The summed E-state index contributed by atoms with van der Waals surface area (Å²) in [7, 11) is -4.67. The molecule has 1 aliphatic heterocycles. The number of ether oxygens (including phenoxy) is 1. The molecule has 1 heterocycles. The summed E-state index contributed by atoms with van der Waals surface area (Å²) in [6, 6.07) is 0. The smallest absolute Gasteiger partial charge is 0.366 e. The van der Waals surface area contributed by atoms with Crippen molar-refractivity contribution in [3.63, 3.8) is 0 Å². The van der Waals surface area contributed by atoms with Crippen LogP contribution in [-0.4, -0.2) is 35.5 Å². The third kappa shape index (κ3) is 33.5. The summed E-state index contributed by atoms with van der Waals surface area (Å²) in [6.45, 7) is 0.542. The van der Waals surface area contributed by atoms with Crippen molar-refractivity contribution in [2.75, 3.05) is 6.61 Å². The van der Waals surface area contributed by atoms with Gasteiger partial charge in [-0.05, 0) is 0 Å². The van der Waals surface area contributed by atoms with Crippen LogP contribution in [0.1, 0.15) is 0 Å². The van der Waals surface area contributed by atoms with Crippen molar-refractivity contribution in [2.24, 2.45) is 0 Å². The van der Waals surface area contributed by atoms with Gasteiger partial charge < -0.3 is 9.84 Å². The van der Waals surface area contributed by atoms with Gasteiger partial charge >= 0.3 is 10.4 Å². The zero-order chi connectivity index (χ0) is 7.49. The Balaban J connectivity index is 0.000000144. The summed E-state index contributed by atoms with van der Waals surface area (Å²) >= 11 is 0. The van der Waals surface area contributed by atoms with Crippen molar-refractivity contribution >= 4 is 10.4 Å². The van der Waals surface area contributed by atoms with Crippen LogP contribution >= 0.6 is 0 Å². The molecular weight excluding hydrogens is 152 g/mol. The highest BCUT2D eigenvalue weighted by molar-refractivity contribution is 7.79. The van der Waals surface area contributed by atoms with Crippen LogP contribution in [0.5, 0.6) is 0 Å². The highest BCUT2D eigenvalue weighted by Crippen LogP contribution is 2.00. The molecule has 0 aliphatic carbocycles. The Morgan fingerprint density at radius 1 is 1.44 bits per heavy atom. The van der Waals surface area contributed by atoms with Crippen LogP contribution in [0.4, 0.5) is 0 Å². The number of rotatable bonds is 0. The molecule has 1 fully saturated rings. The fourth-order valence-electron chi connectivity index (χ4n) is 0.0430. The van der Waals surface area contributed by atoms with Gasteiger partial charge in [-0.1, -0.05) is 0 Å². The predicted molar refractivity (Wildman–Crippen MR) is 26.1 cm³/mol. The van der Waals surface area contributed by atoms with Crippen molar-refractivity contribution in [3.05, 3.63) is 0 Å². The molecule has 0 spiro atoms. The standard InChI is InChI=1S/C2H4O2.H2O4S/c3-2-1-4-2;1-5(2,3)4/h2-3H,1H2;(H2,1,2,3,4)/t2-;/m0./s1. The highest BCUT2D eigenvalue weighted by atomic mass is 32.3. The average molecular weight is 158 g/mol. The van der Waals surface area contributed by atoms with Crippen LogP contribution in [0.2, 0.25) is 0 Å². The lowest BCUT2D eigenvalue weighted by atomic mass is 10.9. The zero-order valence-corrected chi connectivity index (χ0v) is 5.08. The molecule has 7 heteroatoms. The van der Waals surface area contributed by atoms with E-state index < -0.39 is 16.7 Å². The third-order valence-electron chi connectivity index (χ3n) is 0.316. The number of aliphatic hydroxyl groups is 1. The van der Waals surface area contributed by atoms with E-state index in [0.717, 1.165) is 0 Å². The van der Waals surface area contributed by atoms with Gasteiger partial charge in [-0.15, -0.1) is 0 Å². The van der Waals surface area contributed by atoms with E-state index in [4.69, 9.17) is 22.6 Å². The van der Waals surface area contributed by atoms with E-state index in [1.54, 1.807) is 0 Å². The molecule has 0 radical (unpaired) electrons. The maximum Gasteiger partial charge on any atom is 0.394 e. The Labute approximate surface area is 51.6 Å². The Kier molecular flexibility index (Phi) is 3.01. The molecule has 0 saturated carbocycles. The maximum absolute atomic E-state index is 8.74. The van der Waals surface area contributed by atoms with E-state index >= 15 is 0 Å². The maximum atomic E-state index is 8.74. The van der Waals surface area contributed by atoms with E-state index in [0.29, 0.717) is 6.61 Å². The summed E-state index contributed by atoms with van der Waals surface area (Å²) in [5.41, 5.74) is 0. The first-order valence-electron chi connectivity index (χ1n) is 1.89. The number of aliphatic hydroxyl groups excluding tert-OH is 1. The second-order valence-electron chi connectivity index (χ2n) is 1.24. The van der Waals surface area contributed by atoms with Crippen LogP contribution < -0.4 is 0 Å². The lowest BCUT2D eigenvalue weighted by Crippen LogP contribution is -1.89. The predicted octanol–water partition coefficient (Wildman–Crippen LogP) is -1.32. The van der Waals surface area contributed by atoms with Crippen LogP contribution in [0.25, 0.3) is 0 Å². The lowest BCUT2D eigenvalue weighted by molar-refractivity contribution is 0.156. The van der Waals surface area contributed by atoms with Crippen molar-refractivity contribution in [1.82, 2.24) is 0 Å². The fraction of sp³-hybridized carbons (Fsp3) is 1.00. The minimum absolute atomic E-state index is 0.417. The molecule has 0 aromatic carbocycles. The third-order valence-corrected chi connectivity index (χ3v) is 0.316. The van der Waals surface area contributed by atoms with E-state index in [1.807, 2.05) is 0 Å². The molecule has 1 saturated heterocycles. The Bertz CT molecular complexity index is 146. The van der Waals surface area contributed by atoms with Gasteiger partial charge in [0.25, 0.3) is 0 Å². The number of hydrogen-bond donors (Lipinski definition) is 3. The van der Waals surface area contributed by atoms with Crippen molar-refractivity contribution in [1.29, 1.82) is 0 Å². The number of epoxide rings is 1. The van der Waals surface area contributed by atoms with E-state index in [2.05, 4.69) is 4.74 Å². The molecule has 0 bridgehead atoms. The summed E-state index contributed by atoms with van der Waals surface area (Å²) in [4.78, 5) is 0. The molecule has 3 N–H and O–H groups in total. The van der Waals surface area contributed by atoms with Gasteiger partial charge in [0.2, 0.25) is 0 Å².